The summed E-state index contributed by atoms with van der Waals surface area (Å²) in [6.45, 7) is 0. The minimum atomic E-state index is -0.103. The predicted octanol–water partition coefficient (Wildman–Crippen LogP) is 5.16. The summed E-state index contributed by atoms with van der Waals surface area (Å²) in [5.74, 6) is 1.70. The SMILES string of the molecule is Nc1c(Nc2ccc(Br)cn2)ncnc1NC(c1ccccc1)c1ccccc1. The standard InChI is InChI=1S/C22H19BrN6/c23-17-11-12-18(25-13-17)28-21-19(24)22(27-14-26-21)29-20(15-7-3-1-4-8-15)16-9-5-2-6-10-16/h1-14,20H,24H2,(H2,25,26,27,28,29). The van der Waals surface area contributed by atoms with Gasteiger partial charge in [-0.25, -0.2) is 15.0 Å². The van der Waals surface area contributed by atoms with E-state index >= 15 is 0 Å². The molecule has 0 saturated carbocycles. The number of rotatable bonds is 6. The van der Waals surface area contributed by atoms with E-state index in [1.54, 1.807) is 6.20 Å². The van der Waals surface area contributed by atoms with Crippen molar-refractivity contribution in [3.8, 4) is 0 Å². The van der Waals surface area contributed by atoms with Crippen molar-refractivity contribution < 1.29 is 0 Å². The van der Waals surface area contributed by atoms with Gasteiger partial charge in [-0.15, -0.1) is 0 Å². The molecule has 0 spiro atoms. The molecule has 7 heteroatoms. The maximum absolute atomic E-state index is 6.38. The highest BCUT2D eigenvalue weighted by Gasteiger charge is 2.17. The molecular formula is C22H19BrN6. The topological polar surface area (TPSA) is 88.8 Å². The molecule has 0 aliphatic carbocycles. The first-order valence-corrected chi connectivity index (χ1v) is 9.85. The van der Waals surface area contributed by atoms with Crippen LogP contribution >= 0.6 is 15.9 Å². The van der Waals surface area contributed by atoms with Gasteiger partial charge in [-0.2, -0.15) is 0 Å². The first-order valence-electron chi connectivity index (χ1n) is 9.06. The fraction of sp³-hybridized carbons (Fsp3) is 0.0455. The Morgan fingerprint density at radius 3 is 1.97 bits per heavy atom. The van der Waals surface area contributed by atoms with Crippen LogP contribution in [0.15, 0.2) is 89.8 Å². The maximum Gasteiger partial charge on any atom is 0.160 e. The molecule has 0 bridgehead atoms. The van der Waals surface area contributed by atoms with Crippen LogP contribution in [0.2, 0.25) is 0 Å². The van der Waals surface area contributed by atoms with Crippen molar-refractivity contribution in [2.45, 2.75) is 6.04 Å². The van der Waals surface area contributed by atoms with Crippen LogP contribution in [0, 0.1) is 0 Å². The number of halogens is 1. The maximum atomic E-state index is 6.38. The van der Waals surface area contributed by atoms with Gasteiger partial charge in [0, 0.05) is 10.7 Å². The summed E-state index contributed by atoms with van der Waals surface area (Å²) in [5.41, 5.74) is 9.03. The number of pyridine rings is 1. The predicted molar refractivity (Wildman–Crippen MR) is 120 cm³/mol. The number of hydrogen-bond donors (Lipinski definition) is 3. The van der Waals surface area contributed by atoms with Gasteiger partial charge < -0.3 is 16.4 Å². The van der Waals surface area contributed by atoms with E-state index in [1.165, 1.54) is 6.33 Å². The Kier molecular flexibility index (Phi) is 5.67. The highest BCUT2D eigenvalue weighted by Crippen LogP contribution is 2.31. The average Bonchev–Trinajstić information content (AvgIpc) is 2.77. The van der Waals surface area contributed by atoms with Crippen LogP contribution in [-0.4, -0.2) is 15.0 Å². The number of aromatic nitrogens is 3. The van der Waals surface area contributed by atoms with Crippen LogP contribution in [0.5, 0.6) is 0 Å². The summed E-state index contributed by atoms with van der Waals surface area (Å²) in [7, 11) is 0. The van der Waals surface area contributed by atoms with Crippen molar-refractivity contribution in [2.24, 2.45) is 0 Å². The fourth-order valence-electron chi connectivity index (χ4n) is 2.97. The second kappa shape index (κ2) is 8.70. The lowest BCUT2D eigenvalue weighted by atomic mass is 9.99. The molecule has 0 fully saturated rings. The van der Waals surface area contributed by atoms with Crippen LogP contribution in [-0.2, 0) is 0 Å². The van der Waals surface area contributed by atoms with E-state index in [9.17, 15) is 0 Å². The first-order chi connectivity index (χ1) is 14.2. The highest BCUT2D eigenvalue weighted by molar-refractivity contribution is 9.10. The Balaban J connectivity index is 1.65. The van der Waals surface area contributed by atoms with E-state index in [0.717, 1.165) is 15.6 Å². The molecule has 4 rings (SSSR count). The number of hydrogen-bond acceptors (Lipinski definition) is 6. The molecule has 0 aliphatic rings. The molecule has 0 atom stereocenters. The molecule has 2 aromatic carbocycles. The summed E-state index contributed by atoms with van der Waals surface area (Å²) in [6.07, 6.45) is 3.19. The Morgan fingerprint density at radius 2 is 1.38 bits per heavy atom. The lowest BCUT2D eigenvalue weighted by Crippen LogP contribution is -2.15. The number of nitrogens with zero attached hydrogens (tertiary/aromatic N) is 3. The van der Waals surface area contributed by atoms with Crippen molar-refractivity contribution in [1.29, 1.82) is 0 Å². The summed E-state index contributed by atoms with van der Waals surface area (Å²) in [4.78, 5) is 12.9. The third-order valence-corrected chi connectivity index (χ3v) is 4.87. The van der Waals surface area contributed by atoms with E-state index < -0.39 is 0 Å². The van der Waals surface area contributed by atoms with Gasteiger partial charge in [0.25, 0.3) is 0 Å². The third kappa shape index (κ3) is 4.52. The van der Waals surface area contributed by atoms with Gasteiger partial charge in [0.1, 0.15) is 17.8 Å². The van der Waals surface area contributed by atoms with Gasteiger partial charge in [-0.1, -0.05) is 60.7 Å². The van der Waals surface area contributed by atoms with Gasteiger partial charge >= 0.3 is 0 Å². The van der Waals surface area contributed by atoms with Crippen molar-refractivity contribution in [3.05, 3.63) is 101 Å². The molecular weight excluding hydrogens is 428 g/mol. The number of benzene rings is 2. The van der Waals surface area contributed by atoms with Crippen LogP contribution < -0.4 is 16.4 Å². The molecule has 0 radical (unpaired) electrons. The van der Waals surface area contributed by atoms with Crippen LogP contribution in [0.1, 0.15) is 17.2 Å². The molecule has 0 saturated heterocycles. The molecule has 2 aromatic heterocycles. The van der Waals surface area contributed by atoms with Crippen LogP contribution in [0.4, 0.5) is 23.1 Å². The van der Waals surface area contributed by atoms with Gasteiger partial charge in [0.2, 0.25) is 0 Å². The monoisotopic (exact) mass is 446 g/mol. The number of nitrogen functional groups attached to an aromatic ring is 1. The minimum Gasteiger partial charge on any atom is -0.393 e. The van der Waals surface area contributed by atoms with Crippen molar-refractivity contribution in [3.63, 3.8) is 0 Å². The third-order valence-electron chi connectivity index (χ3n) is 4.40. The number of nitrogens with one attached hydrogen (secondary N) is 2. The van der Waals surface area contributed by atoms with Crippen molar-refractivity contribution in [2.75, 3.05) is 16.4 Å². The van der Waals surface area contributed by atoms with Crippen LogP contribution in [0.3, 0.4) is 0 Å². The van der Waals surface area contributed by atoms with Gasteiger partial charge in [0.15, 0.2) is 11.6 Å². The Bertz CT molecular complexity index is 1030. The summed E-state index contributed by atoms with van der Waals surface area (Å²) < 4.78 is 0.898. The zero-order valence-electron chi connectivity index (χ0n) is 15.5. The van der Waals surface area contributed by atoms with E-state index in [2.05, 4.69) is 65.8 Å². The van der Waals surface area contributed by atoms with E-state index in [0.29, 0.717) is 23.1 Å². The summed E-state index contributed by atoms with van der Waals surface area (Å²) in [5, 5.41) is 6.62. The molecule has 144 valence electrons. The Labute approximate surface area is 177 Å². The molecule has 0 aliphatic heterocycles. The first kappa shape index (κ1) is 18.9. The lowest BCUT2D eigenvalue weighted by Gasteiger charge is -2.22. The largest absolute Gasteiger partial charge is 0.393 e. The smallest absolute Gasteiger partial charge is 0.160 e. The molecule has 4 aromatic rings. The van der Waals surface area contributed by atoms with Crippen molar-refractivity contribution in [1.82, 2.24) is 15.0 Å². The molecule has 29 heavy (non-hydrogen) atoms. The van der Waals surface area contributed by atoms with E-state index in [4.69, 9.17) is 5.73 Å². The van der Waals surface area contributed by atoms with E-state index in [-0.39, 0.29) is 6.04 Å². The molecule has 6 nitrogen and oxygen atoms in total. The Hall–Kier alpha value is -3.45. The molecule has 2 heterocycles. The molecule has 0 unspecified atom stereocenters. The van der Waals surface area contributed by atoms with Gasteiger partial charge in [0.05, 0.1) is 6.04 Å². The zero-order chi connectivity index (χ0) is 20.1. The summed E-state index contributed by atoms with van der Waals surface area (Å²) >= 11 is 3.38. The van der Waals surface area contributed by atoms with Crippen LogP contribution in [0.25, 0.3) is 0 Å². The lowest BCUT2D eigenvalue weighted by molar-refractivity contribution is 0.924. The zero-order valence-corrected chi connectivity index (χ0v) is 17.0. The summed E-state index contributed by atoms with van der Waals surface area (Å²) in [6, 6.07) is 24.0. The second-order valence-corrected chi connectivity index (χ2v) is 7.29. The van der Waals surface area contributed by atoms with E-state index in [1.807, 2.05) is 48.5 Å². The molecule has 0 amide bonds. The fourth-order valence-corrected chi connectivity index (χ4v) is 3.20. The second-order valence-electron chi connectivity index (χ2n) is 6.37. The number of anilines is 4. The average molecular weight is 447 g/mol. The Morgan fingerprint density at radius 1 is 0.759 bits per heavy atom. The van der Waals surface area contributed by atoms with Gasteiger partial charge in [-0.05, 0) is 39.2 Å². The number of nitrogens with two attached hydrogens (primary N) is 1. The minimum absolute atomic E-state index is 0.103. The van der Waals surface area contributed by atoms with Crippen molar-refractivity contribution >= 4 is 39.1 Å². The molecule has 4 N–H and O–H groups in total. The quantitative estimate of drug-likeness (QED) is 0.378. The highest BCUT2D eigenvalue weighted by atomic mass is 79.9. The normalized spacial score (nSPS) is 10.7. The van der Waals surface area contributed by atoms with Gasteiger partial charge in [-0.3, -0.25) is 0 Å².